The smallest absolute Gasteiger partial charge is 0.330 e. The quantitative estimate of drug-likeness (QED) is 0.109. The van der Waals surface area contributed by atoms with Gasteiger partial charge in [-0.2, -0.15) is 0 Å². The van der Waals surface area contributed by atoms with Gasteiger partial charge in [-0.05, 0) is 39.5 Å². The van der Waals surface area contributed by atoms with E-state index in [-0.39, 0.29) is 30.5 Å². The summed E-state index contributed by atoms with van der Waals surface area (Å²) in [5.74, 6) is -1.42. The summed E-state index contributed by atoms with van der Waals surface area (Å²) in [6.07, 6.45) is 4.61. The van der Waals surface area contributed by atoms with Crippen molar-refractivity contribution in [2.24, 2.45) is 11.8 Å². The van der Waals surface area contributed by atoms with E-state index in [1.54, 1.807) is 13.8 Å². The number of carboxylic acids is 1. The zero-order valence-corrected chi connectivity index (χ0v) is 21.3. The highest BCUT2D eigenvalue weighted by atomic mass is 16.6. The highest BCUT2D eigenvalue weighted by Gasteiger charge is 2.48. The fourth-order valence-corrected chi connectivity index (χ4v) is 4.59. The standard InChI is InChI=1S/C26H44O9/c1-16(13-23(30)33-11-9-7-5-4-6-8-10-22(28)29)12-20-25(32)24(31)19(15-34-20)14-21-26(35-21)17(2)18(3)27/h13,17-21,24-27,31-32H,4-12,14-15H2,1-3H3,(H,28,29)/b16-13-/t17-,18-,19-,20-,21+,24+,25-,26-/m0/s1. The molecule has 0 radical (unpaired) electrons. The van der Waals surface area contributed by atoms with Crippen LogP contribution in [-0.4, -0.2) is 82.2 Å². The van der Waals surface area contributed by atoms with Gasteiger partial charge in [0.15, 0.2) is 0 Å². The Hall–Kier alpha value is -1.52. The molecule has 0 aromatic heterocycles. The topological polar surface area (TPSA) is 146 Å². The van der Waals surface area contributed by atoms with Gasteiger partial charge < -0.3 is 34.6 Å². The first-order valence-corrected chi connectivity index (χ1v) is 13.0. The molecule has 2 fully saturated rings. The number of carbonyl (C=O) groups is 2. The van der Waals surface area contributed by atoms with Crippen molar-refractivity contribution in [1.29, 1.82) is 0 Å². The molecule has 4 N–H and O–H groups in total. The zero-order chi connectivity index (χ0) is 26.0. The van der Waals surface area contributed by atoms with Gasteiger partial charge in [0.2, 0.25) is 0 Å². The number of carbonyl (C=O) groups excluding carboxylic acids is 1. The summed E-state index contributed by atoms with van der Waals surface area (Å²) in [6, 6.07) is 0. The molecule has 202 valence electrons. The number of hydrogen-bond donors (Lipinski definition) is 4. The van der Waals surface area contributed by atoms with Crippen LogP contribution in [0.15, 0.2) is 11.6 Å². The lowest BCUT2D eigenvalue weighted by atomic mass is 9.85. The van der Waals surface area contributed by atoms with Gasteiger partial charge in [-0.3, -0.25) is 4.79 Å². The number of esters is 1. The Balaban J connectivity index is 1.62. The molecule has 0 spiro atoms. The van der Waals surface area contributed by atoms with E-state index >= 15 is 0 Å². The molecule has 2 aliphatic heterocycles. The maximum Gasteiger partial charge on any atom is 0.330 e. The monoisotopic (exact) mass is 500 g/mol. The molecule has 0 aromatic rings. The number of rotatable bonds is 16. The van der Waals surface area contributed by atoms with Crippen LogP contribution in [0.25, 0.3) is 0 Å². The molecular weight excluding hydrogens is 456 g/mol. The van der Waals surface area contributed by atoms with Crippen LogP contribution in [0.4, 0.5) is 0 Å². The number of ether oxygens (including phenoxy) is 3. The molecule has 0 aromatic carbocycles. The number of carboxylic acid groups (broad SMARTS) is 1. The molecule has 0 bridgehead atoms. The molecule has 9 heteroatoms. The Morgan fingerprint density at radius 1 is 1.03 bits per heavy atom. The number of unbranched alkanes of at least 4 members (excludes halogenated alkanes) is 5. The van der Waals surface area contributed by atoms with Gasteiger partial charge in [0.1, 0.15) is 6.10 Å². The van der Waals surface area contributed by atoms with Gasteiger partial charge >= 0.3 is 11.9 Å². The molecule has 0 aliphatic carbocycles. The summed E-state index contributed by atoms with van der Waals surface area (Å²) < 4.78 is 16.7. The molecule has 2 heterocycles. The van der Waals surface area contributed by atoms with E-state index in [9.17, 15) is 24.9 Å². The molecule has 0 unspecified atom stereocenters. The van der Waals surface area contributed by atoms with Gasteiger partial charge in [0.25, 0.3) is 0 Å². The molecular formula is C26H44O9. The van der Waals surface area contributed by atoms with Crippen LogP contribution in [-0.2, 0) is 23.8 Å². The number of epoxide rings is 1. The van der Waals surface area contributed by atoms with Crippen LogP contribution in [0.3, 0.4) is 0 Å². The van der Waals surface area contributed by atoms with Crippen LogP contribution >= 0.6 is 0 Å². The third-order valence-corrected chi connectivity index (χ3v) is 7.09. The van der Waals surface area contributed by atoms with E-state index in [4.69, 9.17) is 19.3 Å². The first-order valence-electron chi connectivity index (χ1n) is 13.0. The highest BCUT2D eigenvalue weighted by molar-refractivity contribution is 5.82. The van der Waals surface area contributed by atoms with Crippen molar-refractivity contribution >= 4 is 11.9 Å². The number of aliphatic hydroxyl groups excluding tert-OH is 3. The minimum atomic E-state index is -1.06. The second-order valence-electron chi connectivity index (χ2n) is 10.2. The average Bonchev–Trinajstić information content (AvgIpc) is 3.55. The van der Waals surface area contributed by atoms with Gasteiger partial charge in [-0.25, -0.2) is 4.79 Å². The van der Waals surface area contributed by atoms with Crippen molar-refractivity contribution in [2.75, 3.05) is 13.2 Å². The second kappa shape index (κ2) is 14.9. The SMILES string of the molecule is C/C(=C/C(=O)OCCCCCCCCC(=O)O)C[C@@H]1OC[C@H](C[C@H]2O[C@H]2[C@@H](C)[C@H](C)O)[C@@H](O)[C@H]1O. The van der Waals surface area contributed by atoms with Crippen molar-refractivity contribution < 1.29 is 44.2 Å². The van der Waals surface area contributed by atoms with E-state index in [1.165, 1.54) is 6.08 Å². The van der Waals surface area contributed by atoms with Crippen molar-refractivity contribution in [3.8, 4) is 0 Å². The van der Waals surface area contributed by atoms with Gasteiger partial charge in [-0.1, -0.05) is 38.2 Å². The number of aliphatic carboxylic acids is 1. The largest absolute Gasteiger partial charge is 0.481 e. The van der Waals surface area contributed by atoms with Gasteiger partial charge in [0.05, 0.1) is 43.7 Å². The molecule has 35 heavy (non-hydrogen) atoms. The normalized spacial score (nSPS) is 30.5. The van der Waals surface area contributed by atoms with Gasteiger partial charge in [-0.15, -0.1) is 0 Å². The Labute approximate surface area is 208 Å². The number of hydrogen-bond acceptors (Lipinski definition) is 8. The van der Waals surface area contributed by atoms with Gasteiger partial charge in [0, 0.05) is 24.3 Å². The predicted molar refractivity (Wildman–Crippen MR) is 129 cm³/mol. The van der Waals surface area contributed by atoms with Crippen LogP contribution in [0.1, 0.15) is 78.6 Å². The van der Waals surface area contributed by atoms with Crippen molar-refractivity contribution in [2.45, 2.75) is 115 Å². The highest BCUT2D eigenvalue weighted by Crippen LogP contribution is 2.38. The first kappa shape index (κ1) is 29.7. The van der Waals surface area contributed by atoms with Crippen molar-refractivity contribution in [1.82, 2.24) is 0 Å². The molecule has 8 atom stereocenters. The lowest BCUT2D eigenvalue weighted by Crippen LogP contribution is -2.50. The summed E-state index contributed by atoms with van der Waals surface area (Å²) in [5, 5.41) is 39.5. The first-order chi connectivity index (χ1) is 16.6. The summed E-state index contributed by atoms with van der Waals surface area (Å²) in [4.78, 5) is 22.5. The number of aliphatic hydroxyl groups is 3. The maximum absolute atomic E-state index is 12.1. The second-order valence-corrected chi connectivity index (χ2v) is 10.2. The van der Waals surface area contributed by atoms with Crippen LogP contribution < -0.4 is 0 Å². The summed E-state index contributed by atoms with van der Waals surface area (Å²) in [5.41, 5.74) is 0.708. The van der Waals surface area contributed by atoms with E-state index in [1.807, 2.05) is 6.92 Å². The van der Waals surface area contributed by atoms with E-state index in [0.717, 1.165) is 32.1 Å². The third-order valence-electron chi connectivity index (χ3n) is 7.09. The Bertz CT molecular complexity index is 692. The molecule has 2 aliphatic rings. The Morgan fingerprint density at radius 2 is 1.69 bits per heavy atom. The minimum absolute atomic E-state index is 0.0160. The van der Waals surface area contributed by atoms with E-state index in [2.05, 4.69) is 0 Å². The molecule has 0 amide bonds. The Kier molecular flexibility index (Phi) is 12.6. The van der Waals surface area contributed by atoms with Crippen LogP contribution in [0.5, 0.6) is 0 Å². The van der Waals surface area contributed by atoms with E-state index < -0.39 is 36.4 Å². The van der Waals surface area contributed by atoms with Crippen LogP contribution in [0.2, 0.25) is 0 Å². The fraction of sp³-hybridized carbons (Fsp3) is 0.846. The predicted octanol–water partition coefficient (Wildman–Crippen LogP) is 2.59. The average molecular weight is 501 g/mol. The maximum atomic E-state index is 12.1. The summed E-state index contributed by atoms with van der Waals surface area (Å²) >= 11 is 0. The summed E-state index contributed by atoms with van der Waals surface area (Å²) in [7, 11) is 0. The third kappa shape index (κ3) is 10.6. The van der Waals surface area contributed by atoms with Crippen LogP contribution in [0, 0.1) is 11.8 Å². The zero-order valence-electron chi connectivity index (χ0n) is 21.3. The minimum Gasteiger partial charge on any atom is -0.481 e. The molecule has 2 saturated heterocycles. The lowest BCUT2D eigenvalue weighted by molar-refractivity contribution is -0.165. The fourth-order valence-electron chi connectivity index (χ4n) is 4.59. The van der Waals surface area contributed by atoms with Crippen molar-refractivity contribution in [3.05, 3.63) is 11.6 Å². The molecule has 2 rings (SSSR count). The van der Waals surface area contributed by atoms with E-state index in [0.29, 0.717) is 38.0 Å². The molecule has 0 saturated carbocycles. The lowest BCUT2D eigenvalue weighted by Gasteiger charge is -2.38. The summed E-state index contributed by atoms with van der Waals surface area (Å²) in [6.45, 7) is 6.07. The molecule has 9 nitrogen and oxygen atoms in total. The Morgan fingerprint density at radius 3 is 2.34 bits per heavy atom. The van der Waals surface area contributed by atoms with Crippen molar-refractivity contribution in [3.63, 3.8) is 0 Å².